The summed E-state index contributed by atoms with van der Waals surface area (Å²) in [6.45, 7) is 0. The second kappa shape index (κ2) is 3.33. The fourth-order valence-corrected chi connectivity index (χ4v) is 1.70. The molecule has 1 N–H and O–H groups in total. The van der Waals surface area contributed by atoms with Crippen LogP contribution in [-0.2, 0) is 9.53 Å². The van der Waals surface area contributed by atoms with Gasteiger partial charge in [-0.15, -0.1) is 0 Å². The van der Waals surface area contributed by atoms with Gasteiger partial charge in [-0.25, -0.2) is 0 Å². The summed E-state index contributed by atoms with van der Waals surface area (Å²) in [5, 5.41) is 9.09. The predicted molar refractivity (Wildman–Crippen MR) is 51.0 cm³/mol. The smallest absolute Gasteiger partial charge is 0.309 e. The molecule has 0 aliphatic heterocycles. The van der Waals surface area contributed by atoms with Crippen LogP contribution in [0.25, 0.3) is 0 Å². The SMILES string of the molecule is COC(=O)[C@H]1C[C@H]1c1ccc(O)cc1. The number of methoxy groups -OCH3 is 1. The molecule has 0 aromatic heterocycles. The summed E-state index contributed by atoms with van der Waals surface area (Å²) in [6.07, 6.45) is 0.859. The summed E-state index contributed by atoms with van der Waals surface area (Å²) >= 11 is 0. The summed E-state index contributed by atoms with van der Waals surface area (Å²) in [5.41, 5.74) is 1.10. The molecule has 1 fully saturated rings. The van der Waals surface area contributed by atoms with Gasteiger partial charge in [0.25, 0.3) is 0 Å². The number of esters is 1. The summed E-state index contributed by atoms with van der Waals surface area (Å²) in [7, 11) is 1.41. The number of hydrogen-bond acceptors (Lipinski definition) is 3. The van der Waals surface area contributed by atoms with Gasteiger partial charge in [0.05, 0.1) is 13.0 Å². The lowest BCUT2D eigenvalue weighted by atomic mass is 10.1. The van der Waals surface area contributed by atoms with E-state index in [-0.39, 0.29) is 23.6 Å². The molecule has 2 atom stereocenters. The number of carbonyl (C=O) groups excluding carboxylic acids is 1. The quantitative estimate of drug-likeness (QED) is 0.725. The van der Waals surface area contributed by atoms with Gasteiger partial charge in [-0.05, 0) is 30.0 Å². The van der Waals surface area contributed by atoms with E-state index < -0.39 is 0 Å². The van der Waals surface area contributed by atoms with Crippen LogP contribution in [0, 0.1) is 5.92 Å². The van der Waals surface area contributed by atoms with Crippen LogP contribution in [0.15, 0.2) is 24.3 Å². The maximum absolute atomic E-state index is 11.2. The first kappa shape index (κ1) is 9.06. The molecular weight excluding hydrogens is 180 g/mol. The summed E-state index contributed by atoms with van der Waals surface area (Å²) in [6, 6.07) is 6.98. The highest BCUT2D eigenvalue weighted by molar-refractivity contribution is 5.77. The Bertz CT molecular complexity index is 342. The van der Waals surface area contributed by atoms with E-state index in [1.807, 2.05) is 12.1 Å². The van der Waals surface area contributed by atoms with Crippen LogP contribution in [0.3, 0.4) is 0 Å². The summed E-state index contributed by atoms with van der Waals surface area (Å²) in [4.78, 5) is 11.2. The largest absolute Gasteiger partial charge is 0.508 e. The van der Waals surface area contributed by atoms with Gasteiger partial charge < -0.3 is 9.84 Å². The Balaban J connectivity index is 2.06. The van der Waals surface area contributed by atoms with Crippen LogP contribution in [0.4, 0.5) is 0 Å². The van der Waals surface area contributed by atoms with E-state index in [0.717, 1.165) is 12.0 Å². The van der Waals surface area contributed by atoms with Crippen molar-refractivity contribution in [1.82, 2.24) is 0 Å². The van der Waals surface area contributed by atoms with Gasteiger partial charge in [-0.1, -0.05) is 12.1 Å². The van der Waals surface area contributed by atoms with Crippen molar-refractivity contribution in [3.05, 3.63) is 29.8 Å². The third-order valence-corrected chi connectivity index (χ3v) is 2.62. The normalized spacial score (nSPS) is 24.4. The Kier molecular flexibility index (Phi) is 2.15. The van der Waals surface area contributed by atoms with Gasteiger partial charge in [0.2, 0.25) is 0 Å². The zero-order chi connectivity index (χ0) is 10.1. The molecule has 0 heterocycles. The minimum absolute atomic E-state index is 0.0181. The fraction of sp³-hybridized carbons (Fsp3) is 0.364. The highest BCUT2D eigenvalue weighted by Gasteiger charge is 2.44. The summed E-state index contributed by atoms with van der Waals surface area (Å²) in [5.74, 6) is 0.416. The Morgan fingerprint density at radius 2 is 2.07 bits per heavy atom. The predicted octanol–water partition coefficient (Wildman–Crippen LogP) is 1.67. The topological polar surface area (TPSA) is 46.5 Å². The van der Waals surface area contributed by atoms with Gasteiger partial charge in [-0.2, -0.15) is 0 Å². The molecule has 1 aromatic rings. The number of aromatic hydroxyl groups is 1. The second-order valence-corrected chi connectivity index (χ2v) is 3.56. The molecule has 14 heavy (non-hydrogen) atoms. The molecule has 0 spiro atoms. The van der Waals surface area contributed by atoms with E-state index >= 15 is 0 Å². The van der Waals surface area contributed by atoms with Crippen molar-refractivity contribution >= 4 is 5.97 Å². The van der Waals surface area contributed by atoms with Crippen LogP contribution in [0.2, 0.25) is 0 Å². The number of phenolic OH excluding ortho intramolecular Hbond substituents is 1. The molecule has 0 unspecified atom stereocenters. The third-order valence-electron chi connectivity index (χ3n) is 2.62. The molecule has 3 nitrogen and oxygen atoms in total. The van der Waals surface area contributed by atoms with Crippen LogP contribution in [-0.4, -0.2) is 18.2 Å². The van der Waals surface area contributed by atoms with Gasteiger partial charge in [0, 0.05) is 0 Å². The number of phenols is 1. The Morgan fingerprint density at radius 1 is 1.43 bits per heavy atom. The number of rotatable bonds is 2. The van der Waals surface area contributed by atoms with E-state index in [0.29, 0.717) is 0 Å². The fourth-order valence-electron chi connectivity index (χ4n) is 1.70. The summed E-state index contributed by atoms with van der Waals surface area (Å²) < 4.78 is 4.66. The maximum atomic E-state index is 11.2. The Hall–Kier alpha value is -1.51. The van der Waals surface area contributed by atoms with Crippen molar-refractivity contribution in [3.8, 4) is 5.75 Å². The lowest BCUT2D eigenvalue weighted by Gasteiger charge is -1.99. The average molecular weight is 192 g/mol. The molecule has 1 saturated carbocycles. The zero-order valence-electron chi connectivity index (χ0n) is 7.93. The maximum Gasteiger partial charge on any atom is 0.309 e. The van der Waals surface area contributed by atoms with E-state index in [1.54, 1.807) is 12.1 Å². The molecule has 0 radical (unpaired) electrons. The van der Waals surface area contributed by atoms with E-state index in [2.05, 4.69) is 4.74 Å². The highest BCUT2D eigenvalue weighted by atomic mass is 16.5. The molecule has 2 rings (SSSR count). The zero-order valence-corrected chi connectivity index (χ0v) is 7.93. The molecular formula is C11H12O3. The Morgan fingerprint density at radius 3 is 2.64 bits per heavy atom. The van der Waals surface area contributed by atoms with Crippen molar-refractivity contribution in [3.63, 3.8) is 0 Å². The van der Waals surface area contributed by atoms with E-state index in [4.69, 9.17) is 5.11 Å². The third kappa shape index (κ3) is 1.58. The van der Waals surface area contributed by atoms with E-state index in [9.17, 15) is 4.79 Å². The highest BCUT2D eigenvalue weighted by Crippen LogP contribution is 2.48. The first-order chi connectivity index (χ1) is 6.72. The monoisotopic (exact) mass is 192 g/mol. The lowest BCUT2D eigenvalue weighted by molar-refractivity contribution is -0.142. The van der Waals surface area contributed by atoms with Crippen molar-refractivity contribution in [1.29, 1.82) is 0 Å². The molecule has 1 aliphatic rings. The van der Waals surface area contributed by atoms with Crippen molar-refractivity contribution in [2.75, 3.05) is 7.11 Å². The van der Waals surface area contributed by atoms with Gasteiger partial charge in [0.15, 0.2) is 0 Å². The minimum Gasteiger partial charge on any atom is -0.508 e. The van der Waals surface area contributed by atoms with Crippen LogP contribution < -0.4 is 0 Å². The van der Waals surface area contributed by atoms with Gasteiger partial charge in [-0.3, -0.25) is 4.79 Å². The van der Waals surface area contributed by atoms with Gasteiger partial charge in [0.1, 0.15) is 5.75 Å². The number of ether oxygens (including phenoxy) is 1. The number of carbonyl (C=O) groups is 1. The van der Waals surface area contributed by atoms with Crippen LogP contribution in [0.5, 0.6) is 5.75 Å². The molecule has 1 aromatic carbocycles. The van der Waals surface area contributed by atoms with Crippen molar-refractivity contribution in [2.24, 2.45) is 5.92 Å². The van der Waals surface area contributed by atoms with Crippen molar-refractivity contribution < 1.29 is 14.6 Å². The molecule has 1 aliphatic carbocycles. The van der Waals surface area contributed by atoms with Crippen molar-refractivity contribution in [2.45, 2.75) is 12.3 Å². The first-order valence-corrected chi connectivity index (χ1v) is 4.59. The lowest BCUT2D eigenvalue weighted by Crippen LogP contribution is -2.03. The standard InChI is InChI=1S/C11H12O3/c1-14-11(13)10-6-9(10)7-2-4-8(12)5-3-7/h2-5,9-10,12H,6H2,1H3/t9-,10-/m0/s1. The van der Waals surface area contributed by atoms with Crippen LogP contribution in [0.1, 0.15) is 17.9 Å². The molecule has 0 bridgehead atoms. The number of hydrogen-bond donors (Lipinski definition) is 1. The number of benzene rings is 1. The molecule has 0 saturated heterocycles. The molecule has 3 heteroatoms. The average Bonchev–Trinajstić information content (AvgIpc) is 2.98. The molecule has 74 valence electrons. The van der Waals surface area contributed by atoms with E-state index in [1.165, 1.54) is 7.11 Å². The Labute approximate surface area is 82.3 Å². The van der Waals surface area contributed by atoms with Gasteiger partial charge >= 0.3 is 5.97 Å². The molecule has 0 amide bonds. The minimum atomic E-state index is -0.136. The first-order valence-electron chi connectivity index (χ1n) is 4.59. The van der Waals surface area contributed by atoms with Crippen LogP contribution >= 0.6 is 0 Å². The second-order valence-electron chi connectivity index (χ2n) is 3.56.